The molecule has 0 bridgehead atoms. The minimum atomic E-state index is 0.0292. The standard InChI is InChI=1S/C17H21N3O/c1-11-5-4-6-15(13(11)3)17(21)19-14-7-8-16-18-12(2)9-20(16)10-14/h4-6,9,14H,7-8,10H2,1-3H3,(H,19,21)/t14-/m1/s1. The number of amides is 1. The van der Waals surface area contributed by atoms with Crippen molar-refractivity contribution in [1.29, 1.82) is 0 Å². The molecule has 4 heteroatoms. The Morgan fingerprint density at radius 1 is 1.33 bits per heavy atom. The zero-order valence-electron chi connectivity index (χ0n) is 12.8. The lowest BCUT2D eigenvalue weighted by atomic mass is 10.0. The topological polar surface area (TPSA) is 46.9 Å². The fraction of sp³-hybridized carbons (Fsp3) is 0.412. The van der Waals surface area contributed by atoms with Gasteiger partial charge in [-0.25, -0.2) is 4.98 Å². The zero-order valence-corrected chi connectivity index (χ0v) is 12.8. The lowest BCUT2D eigenvalue weighted by Crippen LogP contribution is -2.41. The van der Waals surface area contributed by atoms with Crippen molar-refractivity contribution in [3.8, 4) is 0 Å². The van der Waals surface area contributed by atoms with Crippen LogP contribution >= 0.6 is 0 Å². The van der Waals surface area contributed by atoms with Crippen LogP contribution in [0.25, 0.3) is 0 Å². The molecule has 2 heterocycles. The van der Waals surface area contributed by atoms with Gasteiger partial charge >= 0.3 is 0 Å². The summed E-state index contributed by atoms with van der Waals surface area (Å²) in [5.41, 5.74) is 4.04. The van der Waals surface area contributed by atoms with Gasteiger partial charge in [0.15, 0.2) is 0 Å². The van der Waals surface area contributed by atoms with Gasteiger partial charge in [-0.3, -0.25) is 4.79 Å². The molecule has 1 aliphatic heterocycles. The Balaban J connectivity index is 1.73. The van der Waals surface area contributed by atoms with Crippen molar-refractivity contribution >= 4 is 5.91 Å². The summed E-state index contributed by atoms with van der Waals surface area (Å²) < 4.78 is 2.16. The maximum absolute atomic E-state index is 12.5. The van der Waals surface area contributed by atoms with E-state index in [0.29, 0.717) is 0 Å². The van der Waals surface area contributed by atoms with Crippen molar-refractivity contribution in [2.24, 2.45) is 0 Å². The molecule has 4 nitrogen and oxygen atoms in total. The summed E-state index contributed by atoms with van der Waals surface area (Å²) in [7, 11) is 0. The van der Waals surface area contributed by atoms with E-state index in [1.807, 2.05) is 39.0 Å². The lowest BCUT2D eigenvalue weighted by Gasteiger charge is -2.25. The molecule has 0 aliphatic carbocycles. The molecule has 0 fully saturated rings. The first-order valence-corrected chi connectivity index (χ1v) is 7.44. The van der Waals surface area contributed by atoms with E-state index < -0.39 is 0 Å². The smallest absolute Gasteiger partial charge is 0.251 e. The van der Waals surface area contributed by atoms with Crippen molar-refractivity contribution in [2.45, 2.75) is 46.2 Å². The largest absolute Gasteiger partial charge is 0.347 e. The van der Waals surface area contributed by atoms with E-state index in [2.05, 4.69) is 21.1 Å². The molecule has 0 radical (unpaired) electrons. The zero-order chi connectivity index (χ0) is 15.0. The minimum Gasteiger partial charge on any atom is -0.347 e. The van der Waals surface area contributed by atoms with Gasteiger partial charge in [0.25, 0.3) is 5.91 Å². The number of nitrogens with zero attached hydrogens (tertiary/aromatic N) is 2. The first-order valence-electron chi connectivity index (χ1n) is 7.44. The Morgan fingerprint density at radius 3 is 2.95 bits per heavy atom. The number of imidazole rings is 1. The van der Waals surface area contributed by atoms with Gasteiger partial charge in [0.05, 0.1) is 5.69 Å². The fourth-order valence-corrected chi connectivity index (χ4v) is 2.96. The summed E-state index contributed by atoms with van der Waals surface area (Å²) in [6.07, 6.45) is 3.93. The maximum atomic E-state index is 12.5. The first-order chi connectivity index (χ1) is 10.0. The second-order valence-electron chi connectivity index (χ2n) is 5.91. The van der Waals surface area contributed by atoms with Crippen LogP contribution in [-0.4, -0.2) is 21.5 Å². The van der Waals surface area contributed by atoms with Gasteiger partial charge in [-0.1, -0.05) is 12.1 Å². The molecule has 1 aliphatic rings. The van der Waals surface area contributed by atoms with Gasteiger partial charge in [0.1, 0.15) is 5.82 Å². The van der Waals surface area contributed by atoms with Crippen molar-refractivity contribution in [2.75, 3.05) is 0 Å². The Hall–Kier alpha value is -2.10. The third-order valence-corrected chi connectivity index (χ3v) is 4.30. The molecule has 1 atom stereocenters. The van der Waals surface area contributed by atoms with E-state index in [0.717, 1.165) is 47.6 Å². The number of benzene rings is 1. The van der Waals surface area contributed by atoms with Crippen LogP contribution in [0.3, 0.4) is 0 Å². The third kappa shape index (κ3) is 2.71. The third-order valence-electron chi connectivity index (χ3n) is 4.30. The highest BCUT2D eigenvalue weighted by molar-refractivity contribution is 5.96. The molecule has 0 saturated carbocycles. The maximum Gasteiger partial charge on any atom is 0.251 e. The van der Waals surface area contributed by atoms with E-state index in [1.54, 1.807) is 0 Å². The number of nitrogens with one attached hydrogen (secondary N) is 1. The molecule has 0 saturated heterocycles. The van der Waals surface area contributed by atoms with Crippen molar-refractivity contribution in [3.05, 3.63) is 52.6 Å². The highest BCUT2D eigenvalue weighted by atomic mass is 16.1. The van der Waals surface area contributed by atoms with Crippen LogP contribution in [0.4, 0.5) is 0 Å². The molecule has 0 unspecified atom stereocenters. The second kappa shape index (κ2) is 5.35. The predicted octanol–water partition coefficient (Wildman–Crippen LogP) is 2.55. The first kappa shape index (κ1) is 13.9. The number of carbonyl (C=O) groups is 1. The van der Waals surface area contributed by atoms with Gasteiger partial charge in [-0.05, 0) is 44.4 Å². The number of fused-ring (bicyclic) bond motifs is 1. The van der Waals surface area contributed by atoms with E-state index in [9.17, 15) is 4.79 Å². The van der Waals surface area contributed by atoms with E-state index >= 15 is 0 Å². The summed E-state index contributed by atoms with van der Waals surface area (Å²) in [4.78, 5) is 17.0. The molecule has 1 aromatic carbocycles. The highest BCUT2D eigenvalue weighted by Gasteiger charge is 2.22. The Kier molecular flexibility index (Phi) is 3.53. The van der Waals surface area contributed by atoms with Gasteiger partial charge in [0, 0.05) is 30.8 Å². The number of carbonyl (C=O) groups excluding carboxylic acids is 1. The van der Waals surface area contributed by atoms with Crippen LogP contribution in [0.5, 0.6) is 0 Å². The van der Waals surface area contributed by atoms with Crippen molar-refractivity contribution < 1.29 is 4.79 Å². The quantitative estimate of drug-likeness (QED) is 0.920. The molecule has 1 amide bonds. The Bertz CT molecular complexity index is 687. The molecule has 1 aromatic heterocycles. The van der Waals surface area contributed by atoms with Crippen molar-refractivity contribution in [3.63, 3.8) is 0 Å². The van der Waals surface area contributed by atoms with Crippen LogP contribution in [0.15, 0.2) is 24.4 Å². The van der Waals surface area contributed by atoms with Crippen LogP contribution < -0.4 is 5.32 Å². The number of rotatable bonds is 2. The van der Waals surface area contributed by atoms with Gasteiger partial charge in [-0.2, -0.15) is 0 Å². The average Bonchev–Trinajstić information content (AvgIpc) is 2.81. The molecule has 21 heavy (non-hydrogen) atoms. The van der Waals surface area contributed by atoms with Gasteiger partial charge in [-0.15, -0.1) is 0 Å². The van der Waals surface area contributed by atoms with Crippen LogP contribution in [0.2, 0.25) is 0 Å². The lowest BCUT2D eigenvalue weighted by molar-refractivity contribution is 0.0927. The SMILES string of the molecule is Cc1cn2c(n1)CC[C@@H](NC(=O)c1cccc(C)c1C)C2. The summed E-state index contributed by atoms with van der Waals surface area (Å²) in [6, 6.07) is 6.05. The Labute approximate surface area is 125 Å². The molecule has 110 valence electrons. The van der Waals surface area contributed by atoms with E-state index in [-0.39, 0.29) is 11.9 Å². The minimum absolute atomic E-state index is 0.0292. The van der Waals surface area contributed by atoms with E-state index in [1.165, 1.54) is 0 Å². The summed E-state index contributed by atoms with van der Waals surface area (Å²) in [5.74, 6) is 1.16. The molecular formula is C17H21N3O. The molecule has 1 N–H and O–H groups in total. The number of hydrogen-bond donors (Lipinski definition) is 1. The fourth-order valence-electron chi connectivity index (χ4n) is 2.96. The number of aromatic nitrogens is 2. The monoisotopic (exact) mass is 283 g/mol. The Morgan fingerprint density at radius 2 is 2.14 bits per heavy atom. The molecular weight excluding hydrogens is 262 g/mol. The van der Waals surface area contributed by atoms with Crippen molar-refractivity contribution in [1.82, 2.24) is 14.9 Å². The van der Waals surface area contributed by atoms with Crippen LogP contribution in [-0.2, 0) is 13.0 Å². The second-order valence-corrected chi connectivity index (χ2v) is 5.91. The summed E-state index contributed by atoms with van der Waals surface area (Å²) >= 11 is 0. The normalized spacial score (nSPS) is 17.4. The molecule has 0 spiro atoms. The summed E-state index contributed by atoms with van der Waals surface area (Å²) in [5, 5.41) is 3.17. The summed E-state index contributed by atoms with van der Waals surface area (Å²) in [6.45, 7) is 6.86. The molecule has 3 rings (SSSR count). The average molecular weight is 283 g/mol. The van der Waals surface area contributed by atoms with E-state index in [4.69, 9.17) is 0 Å². The predicted molar refractivity (Wildman–Crippen MR) is 82.5 cm³/mol. The molecule has 2 aromatic rings. The van der Waals surface area contributed by atoms with Gasteiger partial charge < -0.3 is 9.88 Å². The number of hydrogen-bond acceptors (Lipinski definition) is 2. The number of aryl methyl sites for hydroxylation is 3. The van der Waals surface area contributed by atoms with Crippen LogP contribution in [0, 0.1) is 20.8 Å². The van der Waals surface area contributed by atoms with Crippen LogP contribution in [0.1, 0.15) is 39.4 Å². The highest BCUT2D eigenvalue weighted by Crippen LogP contribution is 2.17. The van der Waals surface area contributed by atoms with Gasteiger partial charge in [0.2, 0.25) is 0 Å².